The lowest BCUT2D eigenvalue weighted by Gasteiger charge is -2.29. The average Bonchev–Trinajstić information content (AvgIpc) is 2.52. The second-order valence-corrected chi connectivity index (χ2v) is 5.22. The van der Waals surface area contributed by atoms with Crippen LogP contribution in [0.2, 0.25) is 0 Å². The Morgan fingerprint density at radius 2 is 1.83 bits per heavy atom. The van der Waals surface area contributed by atoms with Crippen molar-refractivity contribution in [3.8, 4) is 17.2 Å². The molecule has 0 spiro atoms. The van der Waals surface area contributed by atoms with Gasteiger partial charge in [-0.15, -0.1) is 12.4 Å². The average molecular weight is 337 g/mol. The molecule has 0 radical (unpaired) electrons. The Morgan fingerprint density at radius 1 is 1.09 bits per heavy atom. The Morgan fingerprint density at radius 3 is 2.52 bits per heavy atom. The van der Waals surface area contributed by atoms with Crippen LogP contribution in [-0.2, 0) is 11.3 Å². The molecule has 0 aliphatic carbocycles. The zero-order valence-electron chi connectivity index (χ0n) is 12.1. The lowest BCUT2D eigenvalue weighted by atomic mass is 9.84. The van der Waals surface area contributed by atoms with Crippen molar-refractivity contribution in [2.24, 2.45) is 0 Å². The number of anilines is 1. The maximum absolute atomic E-state index is 10.7. The van der Waals surface area contributed by atoms with Crippen LogP contribution >= 0.6 is 12.4 Å². The first kappa shape index (κ1) is 16.9. The number of aromatic hydroxyl groups is 3. The molecule has 3 rings (SSSR count). The van der Waals surface area contributed by atoms with Gasteiger partial charge in [0.15, 0.2) is 11.5 Å². The predicted octanol–water partition coefficient (Wildman–Crippen LogP) is 2.03. The van der Waals surface area contributed by atoms with E-state index in [4.69, 9.17) is 0 Å². The zero-order valence-corrected chi connectivity index (χ0v) is 12.9. The molecule has 1 heterocycles. The molecule has 0 saturated heterocycles. The lowest BCUT2D eigenvalue weighted by molar-refractivity contribution is -0.105. The molecule has 2 aromatic carbocycles. The number of phenolic OH excluding ortho intramolecular Hbond substituents is 3. The SMILES string of the molecule is Cl.O=CNc1c(O)ccc2c1CNCC2c1ccc(O)c(O)c1. The van der Waals surface area contributed by atoms with Gasteiger partial charge in [-0.25, -0.2) is 0 Å². The first-order valence-electron chi connectivity index (χ1n) is 6.89. The second-order valence-electron chi connectivity index (χ2n) is 5.22. The minimum atomic E-state index is -0.172. The van der Waals surface area contributed by atoms with Crippen molar-refractivity contribution in [1.82, 2.24) is 5.32 Å². The maximum atomic E-state index is 10.7. The highest BCUT2D eigenvalue weighted by Gasteiger charge is 2.25. The number of carbonyl (C=O) groups is 1. The van der Waals surface area contributed by atoms with Crippen molar-refractivity contribution in [3.63, 3.8) is 0 Å². The third-order valence-electron chi connectivity index (χ3n) is 3.96. The lowest BCUT2D eigenvalue weighted by Crippen LogP contribution is -2.29. The van der Waals surface area contributed by atoms with Gasteiger partial charge in [0.25, 0.3) is 0 Å². The van der Waals surface area contributed by atoms with Gasteiger partial charge in [-0.2, -0.15) is 0 Å². The molecule has 1 atom stereocenters. The minimum absolute atomic E-state index is 0. The molecular formula is C16H17ClN2O4. The van der Waals surface area contributed by atoms with Crippen molar-refractivity contribution in [2.75, 3.05) is 11.9 Å². The molecule has 0 bridgehead atoms. The van der Waals surface area contributed by atoms with Gasteiger partial charge in [-0.05, 0) is 34.9 Å². The Bertz CT molecular complexity index is 736. The van der Waals surface area contributed by atoms with Crippen LogP contribution in [0.5, 0.6) is 17.2 Å². The number of benzene rings is 2. The number of amides is 1. The van der Waals surface area contributed by atoms with Crippen LogP contribution in [0.15, 0.2) is 30.3 Å². The molecular weight excluding hydrogens is 320 g/mol. The molecule has 1 unspecified atom stereocenters. The molecule has 1 aliphatic rings. The molecule has 0 saturated carbocycles. The van der Waals surface area contributed by atoms with Crippen LogP contribution in [0.4, 0.5) is 5.69 Å². The van der Waals surface area contributed by atoms with E-state index in [1.165, 1.54) is 12.1 Å². The van der Waals surface area contributed by atoms with E-state index < -0.39 is 0 Å². The van der Waals surface area contributed by atoms with Gasteiger partial charge in [0.2, 0.25) is 6.41 Å². The first-order valence-corrected chi connectivity index (χ1v) is 6.89. The molecule has 5 N–H and O–H groups in total. The van der Waals surface area contributed by atoms with E-state index in [2.05, 4.69) is 10.6 Å². The number of carbonyl (C=O) groups excluding carboxylic acids is 1. The number of fused-ring (bicyclic) bond motifs is 1. The molecule has 6 nitrogen and oxygen atoms in total. The molecule has 1 aliphatic heterocycles. The summed E-state index contributed by atoms with van der Waals surface area (Å²) in [7, 11) is 0. The van der Waals surface area contributed by atoms with Crippen molar-refractivity contribution in [3.05, 3.63) is 47.0 Å². The summed E-state index contributed by atoms with van der Waals surface area (Å²) in [6, 6.07) is 8.08. The van der Waals surface area contributed by atoms with Crippen molar-refractivity contribution in [1.29, 1.82) is 0 Å². The fourth-order valence-corrected chi connectivity index (χ4v) is 2.89. The molecule has 1 amide bonds. The predicted molar refractivity (Wildman–Crippen MR) is 88.4 cm³/mol. The summed E-state index contributed by atoms with van der Waals surface area (Å²) >= 11 is 0. The Labute approximate surface area is 139 Å². The highest BCUT2D eigenvalue weighted by atomic mass is 35.5. The third-order valence-corrected chi connectivity index (χ3v) is 3.96. The molecule has 0 aromatic heterocycles. The molecule has 2 aromatic rings. The Balaban J connectivity index is 0.00000192. The monoisotopic (exact) mass is 336 g/mol. The molecule has 7 heteroatoms. The largest absolute Gasteiger partial charge is 0.506 e. The van der Waals surface area contributed by atoms with Crippen LogP contribution in [0, 0.1) is 0 Å². The zero-order chi connectivity index (χ0) is 15.7. The van der Waals surface area contributed by atoms with E-state index >= 15 is 0 Å². The third kappa shape index (κ3) is 3.04. The fraction of sp³-hybridized carbons (Fsp3) is 0.188. The number of phenols is 3. The highest BCUT2D eigenvalue weighted by Crippen LogP contribution is 2.39. The highest BCUT2D eigenvalue weighted by molar-refractivity contribution is 5.85. The number of rotatable bonds is 3. The van der Waals surface area contributed by atoms with Gasteiger partial charge in [0.1, 0.15) is 5.75 Å². The van der Waals surface area contributed by atoms with Gasteiger partial charge in [0.05, 0.1) is 5.69 Å². The summed E-state index contributed by atoms with van der Waals surface area (Å²) in [5.74, 6) is -0.374. The molecule has 23 heavy (non-hydrogen) atoms. The van der Waals surface area contributed by atoms with Gasteiger partial charge < -0.3 is 26.0 Å². The summed E-state index contributed by atoms with van der Waals surface area (Å²) < 4.78 is 0. The van der Waals surface area contributed by atoms with E-state index in [1.54, 1.807) is 12.1 Å². The van der Waals surface area contributed by atoms with Crippen LogP contribution in [0.3, 0.4) is 0 Å². The minimum Gasteiger partial charge on any atom is -0.506 e. The van der Waals surface area contributed by atoms with E-state index in [0.29, 0.717) is 25.2 Å². The van der Waals surface area contributed by atoms with E-state index in [-0.39, 0.29) is 35.6 Å². The van der Waals surface area contributed by atoms with Crippen molar-refractivity contribution < 1.29 is 20.1 Å². The van der Waals surface area contributed by atoms with Gasteiger partial charge >= 0.3 is 0 Å². The molecule has 122 valence electrons. The van der Waals surface area contributed by atoms with Crippen molar-refractivity contribution in [2.45, 2.75) is 12.5 Å². The summed E-state index contributed by atoms with van der Waals surface area (Å²) in [4.78, 5) is 10.7. The normalized spacial score (nSPS) is 16.1. The van der Waals surface area contributed by atoms with E-state index in [0.717, 1.165) is 16.7 Å². The second kappa shape index (κ2) is 6.76. The smallest absolute Gasteiger partial charge is 0.211 e. The topological polar surface area (TPSA) is 102 Å². The van der Waals surface area contributed by atoms with Gasteiger partial charge in [-0.3, -0.25) is 4.79 Å². The van der Waals surface area contributed by atoms with Crippen LogP contribution in [0.1, 0.15) is 22.6 Å². The Hall–Kier alpha value is -2.44. The summed E-state index contributed by atoms with van der Waals surface area (Å²) in [5, 5.41) is 34.8. The summed E-state index contributed by atoms with van der Waals surface area (Å²) in [6.07, 6.45) is 0.533. The van der Waals surface area contributed by atoms with E-state index in [9.17, 15) is 20.1 Å². The van der Waals surface area contributed by atoms with Gasteiger partial charge in [-0.1, -0.05) is 12.1 Å². The van der Waals surface area contributed by atoms with Crippen LogP contribution < -0.4 is 10.6 Å². The molecule has 0 fully saturated rings. The van der Waals surface area contributed by atoms with Crippen molar-refractivity contribution >= 4 is 24.5 Å². The number of halogens is 1. The number of hydrogen-bond donors (Lipinski definition) is 5. The maximum Gasteiger partial charge on any atom is 0.211 e. The quantitative estimate of drug-likeness (QED) is 0.436. The van der Waals surface area contributed by atoms with Crippen LogP contribution in [-0.4, -0.2) is 28.3 Å². The van der Waals surface area contributed by atoms with Crippen LogP contribution in [0.25, 0.3) is 0 Å². The van der Waals surface area contributed by atoms with E-state index in [1.807, 2.05) is 6.07 Å². The number of hydrogen-bond acceptors (Lipinski definition) is 5. The first-order chi connectivity index (χ1) is 10.6. The standard InChI is InChI=1S/C16H16N2O4.ClH/c19-8-18-16-12-7-17-6-11(10(12)2-4-14(16)21)9-1-3-13(20)15(22)5-9;/h1-5,8,11,17,20-22H,6-7H2,(H,18,19);1H. The summed E-state index contributed by atoms with van der Waals surface area (Å²) in [6.45, 7) is 1.18. The number of nitrogens with one attached hydrogen (secondary N) is 2. The summed E-state index contributed by atoms with van der Waals surface area (Å²) in [5.41, 5.74) is 3.01. The fourth-order valence-electron chi connectivity index (χ4n) is 2.89. The van der Waals surface area contributed by atoms with Gasteiger partial charge in [0, 0.05) is 19.0 Å². The Kier molecular flexibility index (Phi) is 4.98.